The maximum atomic E-state index is 14.4. The van der Waals surface area contributed by atoms with Crippen LogP contribution in [0.5, 0.6) is 0 Å². The van der Waals surface area contributed by atoms with E-state index < -0.39 is 23.6 Å². The van der Waals surface area contributed by atoms with E-state index >= 15 is 0 Å². The molecule has 39 heavy (non-hydrogen) atoms. The van der Waals surface area contributed by atoms with Gasteiger partial charge in [-0.3, -0.25) is 4.79 Å². The summed E-state index contributed by atoms with van der Waals surface area (Å²) >= 11 is 0. The lowest BCUT2D eigenvalue weighted by atomic mass is 10.0. The van der Waals surface area contributed by atoms with Crippen LogP contribution < -0.4 is 10.6 Å². The Bertz CT molecular complexity index is 1360. The number of carbonyl (C=O) groups excluding carboxylic acids is 3. The van der Waals surface area contributed by atoms with E-state index in [-0.39, 0.29) is 17.6 Å². The molecule has 0 saturated carbocycles. The summed E-state index contributed by atoms with van der Waals surface area (Å²) in [6.07, 6.45) is 2.86. The van der Waals surface area contributed by atoms with Crippen LogP contribution in [-0.4, -0.2) is 50.8 Å². The smallest absolute Gasteiger partial charge is 0.338 e. The summed E-state index contributed by atoms with van der Waals surface area (Å²) in [5.74, 6) is -0.787. The van der Waals surface area contributed by atoms with E-state index in [4.69, 9.17) is 4.74 Å². The molecule has 1 fully saturated rings. The summed E-state index contributed by atoms with van der Waals surface area (Å²) in [6, 6.07) is 11.9. The van der Waals surface area contributed by atoms with Crippen molar-refractivity contribution in [2.45, 2.75) is 65.0 Å². The van der Waals surface area contributed by atoms with Crippen molar-refractivity contribution in [1.82, 2.24) is 14.7 Å². The number of amides is 3. The summed E-state index contributed by atoms with van der Waals surface area (Å²) in [5, 5.41) is 9.89. The number of hydrogen-bond donors (Lipinski definition) is 2. The van der Waals surface area contributed by atoms with Crippen molar-refractivity contribution in [3.63, 3.8) is 0 Å². The van der Waals surface area contributed by atoms with Crippen molar-refractivity contribution in [2.75, 3.05) is 17.2 Å². The molecule has 0 radical (unpaired) electrons. The molecule has 2 heterocycles. The average molecular weight is 536 g/mol. The molecule has 10 heteroatoms. The lowest BCUT2D eigenvalue weighted by Gasteiger charge is -2.24. The third-order valence-corrected chi connectivity index (χ3v) is 6.30. The van der Waals surface area contributed by atoms with Crippen LogP contribution in [0.4, 0.5) is 20.7 Å². The molecule has 9 nitrogen and oxygen atoms in total. The van der Waals surface area contributed by atoms with E-state index in [9.17, 15) is 18.8 Å². The molecule has 0 bridgehead atoms. The third-order valence-electron chi connectivity index (χ3n) is 6.30. The van der Waals surface area contributed by atoms with E-state index in [1.54, 1.807) is 53.3 Å². The fourth-order valence-corrected chi connectivity index (χ4v) is 4.38. The largest absolute Gasteiger partial charge is 0.456 e. The highest BCUT2D eigenvalue weighted by Gasteiger charge is 2.34. The molecule has 1 atom stereocenters. The lowest BCUT2D eigenvalue weighted by Crippen LogP contribution is -2.45. The summed E-state index contributed by atoms with van der Waals surface area (Å²) in [4.78, 5) is 39.7. The first-order chi connectivity index (χ1) is 18.4. The predicted molar refractivity (Wildman–Crippen MR) is 147 cm³/mol. The van der Waals surface area contributed by atoms with E-state index in [1.165, 1.54) is 11.0 Å². The van der Waals surface area contributed by atoms with Crippen molar-refractivity contribution < 1.29 is 23.5 Å². The number of nitrogens with zero attached hydrogens (tertiary/aromatic N) is 3. The second kappa shape index (κ2) is 11.3. The fourth-order valence-electron chi connectivity index (χ4n) is 4.38. The molecular weight excluding hydrogens is 501 g/mol. The number of benzene rings is 2. The Morgan fingerprint density at radius 2 is 1.77 bits per heavy atom. The Morgan fingerprint density at radius 1 is 1.05 bits per heavy atom. The Morgan fingerprint density at radius 3 is 2.41 bits per heavy atom. The first-order valence-electron chi connectivity index (χ1n) is 13.0. The van der Waals surface area contributed by atoms with Crippen LogP contribution in [0.25, 0.3) is 5.69 Å². The molecule has 206 valence electrons. The zero-order chi connectivity index (χ0) is 28.3. The van der Waals surface area contributed by atoms with Crippen molar-refractivity contribution in [2.24, 2.45) is 0 Å². The highest BCUT2D eigenvalue weighted by Crippen LogP contribution is 2.24. The number of aromatic nitrogens is 2. The number of halogens is 1. The SMILES string of the molecule is CC(C)c1ccc(NC(=O)N2CCC[C@@H]2C(=O)Nc2ccn(-c3ccc(C(=O)OC(C)(C)C)cc3)n2)cc1F. The van der Waals surface area contributed by atoms with Crippen molar-refractivity contribution in [1.29, 1.82) is 0 Å². The quantitative estimate of drug-likeness (QED) is 0.393. The number of likely N-dealkylation sites (tertiary alicyclic amines) is 1. The lowest BCUT2D eigenvalue weighted by molar-refractivity contribution is -0.119. The second-order valence-corrected chi connectivity index (χ2v) is 10.9. The van der Waals surface area contributed by atoms with Gasteiger partial charge in [0.15, 0.2) is 5.82 Å². The molecule has 3 aromatic rings. The number of ether oxygens (including phenoxy) is 1. The summed E-state index contributed by atoms with van der Waals surface area (Å²) in [7, 11) is 0. The van der Waals surface area contributed by atoms with Gasteiger partial charge in [-0.15, -0.1) is 0 Å². The van der Waals surface area contributed by atoms with Gasteiger partial charge in [-0.2, -0.15) is 5.10 Å². The highest BCUT2D eigenvalue weighted by molar-refractivity contribution is 5.99. The molecule has 1 aliphatic rings. The van der Waals surface area contributed by atoms with Gasteiger partial charge < -0.3 is 20.3 Å². The van der Waals surface area contributed by atoms with Gasteiger partial charge in [0.2, 0.25) is 5.91 Å². The van der Waals surface area contributed by atoms with Gasteiger partial charge in [0, 0.05) is 24.5 Å². The Hall–Kier alpha value is -4.21. The maximum Gasteiger partial charge on any atom is 0.338 e. The number of urea groups is 1. The van der Waals surface area contributed by atoms with Crippen LogP contribution in [0.3, 0.4) is 0 Å². The molecule has 4 rings (SSSR count). The Balaban J connectivity index is 1.38. The Kier molecular flexibility index (Phi) is 8.03. The van der Waals surface area contributed by atoms with Crippen LogP contribution >= 0.6 is 0 Å². The summed E-state index contributed by atoms with van der Waals surface area (Å²) in [6.45, 7) is 9.63. The number of anilines is 2. The molecule has 2 N–H and O–H groups in total. The van der Waals surface area contributed by atoms with Crippen molar-refractivity contribution >= 4 is 29.4 Å². The Labute approximate surface area is 227 Å². The molecule has 3 amide bonds. The average Bonchev–Trinajstić information content (AvgIpc) is 3.53. The third kappa shape index (κ3) is 6.81. The summed E-state index contributed by atoms with van der Waals surface area (Å²) in [5.41, 5.74) is 1.44. The van der Waals surface area contributed by atoms with Gasteiger partial charge in [-0.05, 0) is 81.5 Å². The molecule has 1 saturated heterocycles. The molecular formula is C29H34FN5O4. The topological polar surface area (TPSA) is 106 Å². The van der Waals surface area contributed by atoms with Crippen LogP contribution in [0.15, 0.2) is 54.7 Å². The van der Waals surface area contributed by atoms with E-state index in [1.807, 2.05) is 34.6 Å². The zero-order valence-electron chi connectivity index (χ0n) is 22.8. The number of rotatable bonds is 6. The van der Waals surface area contributed by atoms with Crippen molar-refractivity contribution in [3.8, 4) is 5.69 Å². The number of hydrogen-bond acceptors (Lipinski definition) is 5. The fraction of sp³-hybridized carbons (Fsp3) is 0.379. The van der Waals surface area contributed by atoms with Gasteiger partial charge >= 0.3 is 12.0 Å². The first kappa shape index (κ1) is 27.8. The van der Waals surface area contributed by atoms with E-state index in [0.717, 1.165) is 0 Å². The molecule has 0 aliphatic carbocycles. The van der Waals surface area contributed by atoms with E-state index in [0.29, 0.717) is 47.7 Å². The number of nitrogens with one attached hydrogen (secondary N) is 2. The number of carbonyl (C=O) groups is 3. The highest BCUT2D eigenvalue weighted by atomic mass is 19.1. The van der Waals surface area contributed by atoms with Gasteiger partial charge in [-0.25, -0.2) is 18.7 Å². The molecule has 0 unspecified atom stereocenters. The zero-order valence-corrected chi connectivity index (χ0v) is 22.8. The molecule has 2 aromatic carbocycles. The standard InChI is InChI=1S/C29H34FN5O4/c1-18(2)22-13-10-20(17-23(22)30)31-28(38)34-15-6-7-24(34)26(36)32-25-14-16-35(33-25)21-11-8-19(9-12-21)27(37)39-29(3,4)5/h8-14,16-18,24H,6-7,15H2,1-5H3,(H,31,38)(H,32,33,36)/t24-/m1/s1. The van der Waals surface area contributed by atoms with Crippen molar-refractivity contribution in [3.05, 3.63) is 71.7 Å². The van der Waals surface area contributed by atoms with Gasteiger partial charge in [0.05, 0.1) is 11.3 Å². The minimum atomic E-state index is -0.678. The normalized spacial score (nSPS) is 15.4. The van der Waals surface area contributed by atoms with Crippen LogP contribution in [0, 0.1) is 5.82 Å². The van der Waals surface area contributed by atoms with Gasteiger partial charge in [-0.1, -0.05) is 19.9 Å². The number of esters is 1. The minimum absolute atomic E-state index is 0.0291. The van der Waals surface area contributed by atoms with Gasteiger partial charge in [0.25, 0.3) is 0 Å². The van der Waals surface area contributed by atoms with E-state index in [2.05, 4.69) is 15.7 Å². The maximum absolute atomic E-state index is 14.4. The minimum Gasteiger partial charge on any atom is -0.456 e. The molecule has 1 aromatic heterocycles. The molecule has 1 aliphatic heterocycles. The second-order valence-electron chi connectivity index (χ2n) is 10.9. The monoisotopic (exact) mass is 535 g/mol. The van der Waals surface area contributed by atoms with Crippen LogP contribution in [0.1, 0.15) is 69.3 Å². The van der Waals surface area contributed by atoms with Crippen LogP contribution in [-0.2, 0) is 9.53 Å². The predicted octanol–water partition coefficient (Wildman–Crippen LogP) is 5.73. The summed E-state index contributed by atoms with van der Waals surface area (Å²) < 4.78 is 21.3. The molecule has 0 spiro atoms. The first-order valence-corrected chi connectivity index (χ1v) is 13.0. The van der Waals surface area contributed by atoms with Crippen LogP contribution in [0.2, 0.25) is 0 Å². The van der Waals surface area contributed by atoms with Gasteiger partial charge in [0.1, 0.15) is 17.5 Å².